The van der Waals surface area contributed by atoms with Gasteiger partial charge < -0.3 is 10.2 Å². The first-order valence-corrected chi connectivity index (χ1v) is 9.82. The standard InChI is InChI=1S/C17H22F3NO3S2/c1-16(2,3)11-15-21(8-4-5-9-25-24-23-22)13-10-12(17(18,19)20)6-7-14(13)26-15/h6-7,10-11,22H,4-5,8-9H2,1-3H3/p-1/b15-11-. The van der Waals surface area contributed by atoms with E-state index in [1.54, 1.807) is 0 Å². The van der Waals surface area contributed by atoms with Gasteiger partial charge in [0.2, 0.25) is 0 Å². The number of nitrogens with zero attached hydrogens (tertiary/aromatic N) is 1. The Labute approximate surface area is 159 Å². The Morgan fingerprint density at radius 1 is 1.23 bits per heavy atom. The van der Waals surface area contributed by atoms with Crippen molar-refractivity contribution in [1.29, 1.82) is 0 Å². The highest BCUT2D eigenvalue weighted by atomic mass is 32.2. The van der Waals surface area contributed by atoms with Gasteiger partial charge in [-0.05, 0) is 42.5 Å². The third-order valence-corrected chi connectivity index (χ3v) is 5.27. The van der Waals surface area contributed by atoms with Crippen LogP contribution in [-0.4, -0.2) is 12.3 Å². The molecule has 0 bridgehead atoms. The molecule has 0 radical (unpaired) electrons. The van der Waals surface area contributed by atoms with Crippen molar-refractivity contribution < 1.29 is 27.8 Å². The summed E-state index contributed by atoms with van der Waals surface area (Å²) >= 11 is 2.41. The number of hydrogen-bond donors (Lipinski definition) is 0. The van der Waals surface area contributed by atoms with Gasteiger partial charge in [-0.15, -0.1) is 0 Å². The van der Waals surface area contributed by atoms with Crippen molar-refractivity contribution in [3.8, 4) is 0 Å². The lowest BCUT2D eigenvalue weighted by Gasteiger charge is -2.24. The summed E-state index contributed by atoms with van der Waals surface area (Å²) < 4.78 is 43.5. The maximum Gasteiger partial charge on any atom is 0.416 e. The van der Waals surface area contributed by atoms with E-state index in [9.17, 15) is 18.4 Å². The third kappa shape index (κ3) is 6.09. The summed E-state index contributed by atoms with van der Waals surface area (Å²) in [7, 11) is 0. The molecule has 0 saturated carbocycles. The molecule has 26 heavy (non-hydrogen) atoms. The molecule has 2 rings (SSSR count). The molecule has 1 heterocycles. The van der Waals surface area contributed by atoms with Crippen molar-refractivity contribution in [3.63, 3.8) is 0 Å². The molecule has 1 aromatic rings. The molecule has 4 nitrogen and oxygen atoms in total. The summed E-state index contributed by atoms with van der Waals surface area (Å²) in [5.74, 6) is 0.566. The van der Waals surface area contributed by atoms with Gasteiger partial charge >= 0.3 is 6.18 Å². The van der Waals surface area contributed by atoms with Gasteiger partial charge in [-0.3, -0.25) is 5.04 Å². The molecule has 0 saturated heterocycles. The first-order valence-electron chi connectivity index (χ1n) is 8.09. The van der Waals surface area contributed by atoms with E-state index in [0.29, 0.717) is 18.0 Å². The largest absolute Gasteiger partial charge is 0.691 e. The molecule has 146 valence electrons. The van der Waals surface area contributed by atoms with Gasteiger partial charge in [0.1, 0.15) is 0 Å². The summed E-state index contributed by atoms with van der Waals surface area (Å²) in [4.78, 5) is 2.77. The molecule has 0 spiro atoms. The number of alkyl halides is 3. The van der Waals surface area contributed by atoms with Crippen molar-refractivity contribution in [3.05, 3.63) is 34.9 Å². The van der Waals surface area contributed by atoms with Crippen LogP contribution in [0.15, 0.2) is 34.2 Å². The van der Waals surface area contributed by atoms with Gasteiger partial charge in [0.25, 0.3) is 0 Å². The van der Waals surface area contributed by atoms with Crippen LogP contribution in [0.4, 0.5) is 18.9 Å². The van der Waals surface area contributed by atoms with Crippen LogP contribution in [-0.2, 0) is 15.5 Å². The van der Waals surface area contributed by atoms with Crippen molar-refractivity contribution >= 4 is 29.5 Å². The van der Waals surface area contributed by atoms with E-state index < -0.39 is 11.7 Å². The van der Waals surface area contributed by atoms with E-state index >= 15 is 0 Å². The highest BCUT2D eigenvalue weighted by molar-refractivity contribution is 8.03. The topological polar surface area (TPSA) is 44.8 Å². The Hall–Kier alpha value is -0.870. The Morgan fingerprint density at radius 3 is 2.58 bits per heavy atom. The first-order chi connectivity index (χ1) is 12.1. The van der Waals surface area contributed by atoms with E-state index in [4.69, 9.17) is 0 Å². The zero-order valence-electron chi connectivity index (χ0n) is 14.8. The smallest absolute Gasteiger partial charge is 0.416 e. The molecule has 1 aliphatic heterocycles. The van der Waals surface area contributed by atoms with Crippen molar-refractivity contribution in [1.82, 2.24) is 0 Å². The fourth-order valence-corrected chi connectivity index (χ4v) is 4.25. The number of anilines is 1. The minimum absolute atomic E-state index is 0.0926. The Morgan fingerprint density at radius 2 is 1.96 bits per heavy atom. The Kier molecular flexibility index (Phi) is 7.32. The summed E-state index contributed by atoms with van der Waals surface area (Å²) in [6.07, 6.45) is -0.804. The molecule has 0 aliphatic carbocycles. The first kappa shape index (κ1) is 21.4. The fraction of sp³-hybridized carbons (Fsp3) is 0.529. The van der Waals surface area contributed by atoms with E-state index in [0.717, 1.165) is 40.9 Å². The average molecular weight is 408 g/mol. The maximum atomic E-state index is 13.1. The fourth-order valence-electron chi connectivity index (χ4n) is 2.47. The van der Waals surface area contributed by atoms with E-state index in [1.165, 1.54) is 23.9 Å². The summed E-state index contributed by atoms with van der Waals surface area (Å²) in [5, 5.41) is 14.0. The highest BCUT2D eigenvalue weighted by Crippen LogP contribution is 2.49. The molecule has 1 aromatic carbocycles. The van der Waals surface area contributed by atoms with Gasteiger partial charge in [0.05, 0.1) is 16.3 Å². The molecule has 0 amide bonds. The lowest BCUT2D eigenvalue weighted by molar-refractivity contribution is -0.777. The number of thioether (sulfide) groups is 1. The maximum absolute atomic E-state index is 13.1. The van der Waals surface area contributed by atoms with Gasteiger partial charge in [-0.25, -0.2) is 0 Å². The van der Waals surface area contributed by atoms with E-state index in [2.05, 4.69) is 36.2 Å². The second kappa shape index (κ2) is 8.88. The van der Waals surface area contributed by atoms with Crippen molar-refractivity contribution in [2.75, 3.05) is 17.2 Å². The molecule has 9 heteroatoms. The monoisotopic (exact) mass is 408 g/mol. The molecule has 0 atom stereocenters. The molecule has 0 aromatic heterocycles. The van der Waals surface area contributed by atoms with Crippen LogP contribution in [0.3, 0.4) is 0 Å². The van der Waals surface area contributed by atoms with E-state index in [1.807, 2.05) is 4.90 Å². The average Bonchev–Trinajstić information content (AvgIpc) is 2.84. The number of halogens is 3. The zero-order chi connectivity index (χ0) is 19.4. The number of allylic oxidation sites excluding steroid dienone is 1. The number of rotatable bonds is 7. The normalized spacial score (nSPS) is 16.4. The van der Waals surface area contributed by atoms with Crippen LogP contribution in [0.2, 0.25) is 0 Å². The Bertz CT molecular complexity index is 645. The van der Waals surface area contributed by atoms with E-state index in [-0.39, 0.29) is 5.41 Å². The number of hydrogen-bond acceptors (Lipinski definition) is 6. The van der Waals surface area contributed by atoms with Crippen LogP contribution >= 0.6 is 23.8 Å². The third-order valence-electron chi connectivity index (χ3n) is 3.55. The number of benzene rings is 1. The SMILES string of the molecule is CC(C)(C)/C=C1\Sc2ccc(C(F)(F)F)cc2N1CCCCSOO[O-]. The predicted octanol–water partition coefficient (Wildman–Crippen LogP) is 5.16. The second-order valence-electron chi connectivity index (χ2n) is 6.95. The van der Waals surface area contributed by atoms with Gasteiger partial charge in [0, 0.05) is 29.2 Å². The van der Waals surface area contributed by atoms with Crippen molar-refractivity contribution in [2.24, 2.45) is 5.41 Å². The molecule has 0 N–H and O–H groups in total. The van der Waals surface area contributed by atoms with Gasteiger partial charge in [0.15, 0.2) is 0 Å². The summed E-state index contributed by atoms with van der Waals surface area (Å²) in [5.41, 5.74) is -0.146. The van der Waals surface area contributed by atoms with Crippen LogP contribution in [0.1, 0.15) is 39.2 Å². The van der Waals surface area contributed by atoms with Gasteiger partial charge in [-0.1, -0.05) is 32.5 Å². The minimum Gasteiger partial charge on any atom is -0.691 e. The lowest BCUT2D eigenvalue weighted by Crippen LogP contribution is -2.21. The lowest BCUT2D eigenvalue weighted by atomic mass is 9.97. The van der Waals surface area contributed by atoms with Crippen LogP contribution < -0.4 is 10.2 Å². The van der Waals surface area contributed by atoms with Crippen LogP contribution in [0.5, 0.6) is 0 Å². The molecular weight excluding hydrogens is 387 g/mol. The quantitative estimate of drug-likeness (QED) is 0.269. The molecule has 0 unspecified atom stereocenters. The number of fused-ring (bicyclic) bond motifs is 1. The molecule has 1 aliphatic rings. The zero-order valence-corrected chi connectivity index (χ0v) is 16.4. The van der Waals surface area contributed by atoms with Crippen LogP contribution in [0, 0.1) is 5.41 Å². The summed E-state index contributed by atoms with van der Waals surface area (Å²) in [6.45, 7) is 6.75. The predicted molar refractivity (Wildman–Crippen MR) is 96.0 cm³/mol. The molecular formula is C17H21F3NO3S2-. The summed E-state index contributed by atoms with van der Waals surface area (Å²) in [6, 6.07) is 3.88. The number of unbranched alkanes of at least 4 members (excludes halogenated alkanes) is 1. The second-order valence-corrected chi connectivity index (χ2v) is 8.79. The van der Waals surface area contributed by atoms with Gasteiger partial charge in [-0.2, -0.15) is 17.5 Å². The van der Waals surface area contributed by atoms with Crippen molar-refractivity contribution in [2.45, 2.75) is 44.7 Å². The van der Waals surface area contributed by atoms with Crippen LogP contribution in [0.25, 0.3) is 0 Å². The highest BCUT2D eigenvalue weighted by Gasteiger charge is 2.34. The Balaban J connectivity index is 2.18. The molecule has 0 fully saturated rings. The minimum atomic E-state index is -4.37.